The van der Waals surface area contributed by atoms with Gasteiger partial charge in [0.15, 0.2) is 36.1 Å². The number of hydrogen-bond acceptors (Lipinski definition) is 12. The number of pyridine rings is 1. The van der Waals surface area contributed by atoms with Crippen LogP contribution in [0.25, 0.3) is 0 Å². The number of hydrogen-bond donors (Lipinski definition) is 1. The molecule has 0 spiro atoms. The van der Waals surface area contributed by atoms with Gasteiger partial charge in [0, 0.05) is 12.3 Å². The van der Waals surface area contributed by atoms with Crippen LogP contribution in [0.3, 0.4) is 0 Å². The number of nitrogens with zero attached hydrogens (tertiary/aromatic N) is 2. The second-order valence-electron chi connectivity index (χ2n) is 9.92. The van der Waals surface area contributed by atoms with Gasteiger partial charge in [0.25, 0.3) is 5.91 Å². The average Bonchev–Trinajstić information content (AvgIpc) is 3.03. The molecule has 4 unspecified atom stereocenters. The summed E-state index contributed by atoms with van der Waals surface area (Å²) >= 11 is 0. The zero-order valence-corrected chi connectivity index (χ0v) is 24.4. The van der Waals surface area contributed by atoms with Crippen molar-refractivity contribution in [3.05, 3.63) is 53.9 Å². The summed E-state index contributed by atoms with van der Waals surface area (Å²) in [4.78, 5) is 56.6. The first-order valence-electron chi connectivity index (χ1n) is 13.7. The summed E-state index contributed by atoms with van der Waals surface area (Å²) in [5.41, 5.74) is 0.548. The van der Waals surface area contributed by atoms with Crippen LogP contribution in [0.2, 0.25) is 0 Å². The molecule has 1 aromatic carbocycles. The highest BCUT2D eigenvalue weighted by Gasteiger charge is 2.42. The van der Waals surface area contributed by atoms with E-state index in [0.29, 0.717) is 0 Å². The lowest BCUT2D eigenvalue weighted by molar-refractivity contribution is -0.176. The summed E-state index contributed by atoms with van der Waals surface area (Å²) in [5.74, 6) is -4.46. The van der Waals surface area contributed by atoms with E-state index in [9.17, 15) is 19.2 Å². The van der Waals surface area contributed by atoms with E-state index in [-0.39, 0.29) is 43.4 Å². The zero-order chi connectivity index (χ0) is 31.4. The molecule has 43 heavy (non-hydrogen) atoms. The number of carbonyl (C=O) groups is 4. The number of rotatable bonds is 12. The maximum absolute atomic E-state index is 13.4. The minimum Gasteiger partial charge on any atom is -0.493 e. The average molecular weight is 598 g/mol. The standard InChI is InChI=1S/C30H35N3O10/c1-18(2)28(35)43-25-19(3)42-30(37)22(16-40-29(36)21(25)15-20-9-6-5-7-10-20)33-27(34)24-26(23(38-4)11-13-32-24)41-17-39-14-8-12-31/h5-7,9-11,13,18-19,21-22,25H,8,14-17H2,1-4H3,(H,33,34). The Kier molecular flexibility index (Phi) is 12.3. The van der Waals surface area contributed by atoms with Crippen molar-refractivity contribution >= 4 is 23.8 Å². The third kappa shape index (κ3) is 9.14. The molecule has 2 aromatic rings. The molecule has 1 amide bonds. The molecule has 0 bridgehead atoms. The van der Waals surface area contributed by atoms with Crippen molar-refractivity contribution < 1.29 is 47.6 Å². The fourth-order valence-corrected chi connectivity index (χ4v) is 4.15. The first kappa shape index (κ1) is 32.8. The van der Waals surface area contributed by atoms with Crippen LogP contribution < -0.4 is 14.8 Å². The van der Waals surface area contributed by atoms with Crippen LogP contribution in [0.4, 0.5) is 0 Å². The van der Waals surface area contributed by atoms with Gasteiger partial charge < -0.3 is 33.7 Å². The van der Waals surface area contributed by atoms with Gasteiger partial charge in [-0.25, -0.2) is 9.78 Å². The van der Waals surface area contributed by atoms with Crippen LogP contribution >= 0.6 is 0 Å². The van der Waals surface area contributed by atoms with Gasteiger partial charge in [0.1, 0.15) is 18.6 Å². The molecule has 2 heterocycles. The highest BCUT2D eigenvalue weighted by Crippen LogP contribution is 2.30. The van der Waals surface area contributed by atoms with Crippen LogP contribution in [0, 0.1) is 23.2 Å². The molecular weight excluding hydrogens is 562 g/mol. The molecule has 0 aliphatic carbocycles. The molecule has 1 saturated heterocycles. The van der Waals surface area contributed by atoms with E-state index >= 15 is 0 Å². The van der Waals surface area contributed by atoms with E-state index in [1.54, 1.807) is 13.8 Å². The molecule has 0 radical (unpaired) electrons. The second kappa shape index (κ2) is 16.1. The van der Waals surface area contributed by atoms with E-state index in [1.807, 2.05) is 36.4 Å². The van der Waals surface area contributed by atoms with Crippen LogP contribution in [-0.2, 0) is 39.8 Å². The summed E-state index contributed by atoms with van der Waals surface area (Å²) in [6.45, 7) is 4.05. The van der Waals surface area contributed by atoms with Crippen molar-refractivity contribution in [1.29, 1.82) is 5.26 Å². The lowest BCUT2D eigenvalue weighted by Gasteiger charge is -2.29. The SMILES string of the molecule is COc1ccnc(C(=O)NC2COC(=O)C(Cc3ccccc3)C(OC(=O)C(C)C)C(C)OC2=O)c1OCOCCC#N. The highest BCUT2D eigenvalue weighted by molar-refractivity contribution is 5.98. The number of nitriles is 1. The summed E-state index contributed by atoms with van der Waals surface area (Å²) in [6.07, 6.45) is -0.608. The molecule has 1 N–H and O–H groups in total. The molecule has 3 rings (SSSR count). The zero-order valence-electron chi connectivity index (χ0n) is 24.4. The van der Waals surface area contributed by atoms with Crippen molar-refractivity contribution in [3.8, 4) is 17.6 Å². The van der Waals surface area contributed by atoms with Crippen molar-refractivity contribution in [2.45, 2.75) is 51.9 Å². The normalized spacial score (nSPS) is 20.4. The minimum atomic E-state index is -1.43. The van der Waals surface area contributed by atoms with Gasteiger partial charge in [0.05, 0.1) is 32.1 Å². The number of ether oxygens (including phenoxy) is 6. The Balaban J connectivity index is 1.84. The lowest BCUT2D eigenvalue weighted by atomic mass is 9.91. The Labute approximate surface area is 249 Å². The number of methoxy groups -OCH3 is 1. The van der Waals surface area contributed by atoms with Gasteiger partial charge in [-0.3, -0.25) is 14.4 Å². The molecule has 230 valence electrons. The van der Waals surface area contributed by atoms with Gasteiger partial charge >= 0.3 is 17.9 Å². The maximum atomic E-state index is 13.4. The van der Waals surface area contributed by atoms with E-state index in [0.717, 1.165) is 5.56 Å². The Morgan fingerprint density at radius 1 is 1.16 bits per heavy atom. The van der Waals surface area contributed by atoms with Crippen LogP contribution in [0.5, 0.6) is 11.5 Å². The summed E-state index contributed by atoms with van der Waals surface area (Å²) in [6, 6.07) is 11.0. The molecule has 1 fully saturated rings. The van der Waals surface area contributed by atoms with Crippen molar-refractivity contribution in [3.63, 3.8) is 0 Å². The first-order chi connectivity index (χ1) is 20.7. The van der Waals surface area contributed by atoms with Crippen molar-refractivity contribution in [2.75, 3.05) is 27.1 Å². The van der Waals surface area contributed by atoms with Crippen LogP contribution in [0.15, 0.2) is 42.6 Å². The molecule has 1 aromatic heterocycles. The monoisotopic (exact) mass is 597 g/mol. The fraction of sp³-hybridized carbons (Fsp3) is 0.467. The fourth-order valence-electron chi connectivity index (χ4n) is 4.15. The molecule has 1 aliphatic rings. The van der Waals surface area contributed by atoms with E-state index in [4.69, 9.17) is 33.7 Å². The van der Waals surface area contributed by atoms with Gasteiger partial charge in [-0.1, -0.05) is 44.2 Å². The molecule has 13 nitrogen and oxygen atoms in total. The minimum absolute atomic E-state index is 0.0650. The predicted octanol–water partition coefficient (Wildman–Crippen LogP) is 2.37. The number of aromatic nitrogens is 1. The van der Waals surface area contributed by atoms with Crippen LogP contribution in [-0.4, -0.2) is 74.2 Å². The van der Waals surface area contributed by atoms with Gasteiger partial charge in [-0.15, -0.1) is 0 Å². The quantitative estimate of drug-likeness (QED) is 0.164. The van der Waals surface area contributed by atoms with Crippen LogP contribution in [0.1, 0.15) is 43.2 Å². The largest absolute Gasteiger partial charge is 0.493 e. The summed E-state index contributed by atoms with van der Waals surface area (Å²) in [5, 5.41) is 11.1. The maximum Gasteiger partial charge on any atom is 0.332 e. The third-order valence-electron chi connectivity index (χ3n) is 6.42. The number of nitrogens with one attached hydrogen (secondary N) is 1. The number of amides is 1. The van der Waals surface area contributed by atoms with Crippen molar-refractivity contribution in [1.82, 2.24) is 10.3 Å². The Hall–Kier alpha value is -4.70. The smallest absolute Gasteiger partial charge is 0.332 e. The Morgan fingerprint density at radius 3 is 2.58 bits per heavy atom. The van der Waals surface area contributed by atoms with E-state index in [2.05, 4.69) is 10.3 Å². The van der Waals surface area contributed by atoms with E-state index < -0.39 is 60.5 Å². The van der Waals surface area contributed by atoms with Gasteiger partial charge in [-0.05, 0) is 18.9 Å². The molecular formula is C30H35N3O10. The van der Waals surface area contributed by atoms with Crippen molar-refractivity contribution in [2.24, 2.45) is 11.8 Å². The second-order valence-corrected chi connectivity index (χ2v) is 9.92. The number of esters is 3. The lowest BCUT2D eigenvalue weighted by Crippen LogP contribution is -2.47. The molecule has 4 atom stereocenters. The predicted molar refractivity (Wildman–Crippen MR) is 149 cm³/mol. The molecule has 13 heteroatoms. The molecule has 0 saturated carbocycles. The Bertz CT molecular complexity index is 1310. The summed E-state index contributed by atoms with van der Waals surface area (Å²) in [7, 11) is 1.37. The topological polar surface area (TPSA) is 172 Å². The third-order valence-corrected chi connectivity index (χ3v) is 6.42. The number of benzene rings is 1. The molecule has 1 aliphatic heterocycles. The number of carbonyl (C=O) groups excluding carboxylic acids is 4. The van der Waals surface area contributed by atoms with Gasteiger partial charge in [0.2, 0.25) is 0 Å². The highest BCUT2D eigenvalue weighted by atomic mass is 16.7. The van der Waals surface area contributed by atoms with E-state index in [1.165, 1.54) is 26.3 Å². The first-order valence-corrected chi connectivity index (χ1v) is 13.7. The van der Waals surface area contributed by atoms with Gasteiger partial charge in [-0.2, -0.15) is 5.26 Å². The Morgan fingerprint density at radius 2 is 1.91 bits per heavy atom. The number of cyclic esters (lactones) is 2. The summed E-state index contributed by atoms with van der Waals surface area (Å²) < 4.78 is 32.8.